The van der Waals surface area contributed by atoms with Gasteiger partial charge in [0.1, 0.15) is 5.76 Å². The lowest BCUT2D eigenvalue weighted by Crippen LogP contribution is -2.38. The van der Waals surface area contributed by atoms with Crippen LogP contribution in [0.4, 0.5) is 0 Å². The molecule has 5 heteroatoms. The minimum Gasteiger partial charge on any atom is -0.444 e. The zero-order chi connectivity index (χ0) is 15.5. The quantitative estimate of drug-likeness (QED) is 0.648. The SMILES string of the molecule is CN=C(NCCC1CC2CCC1C2)NCc1nc(C)c(C)o1. The summed E-state index contributed by atoms with van der Waals surface area (Å²) in [6.07, 6.45) is 7.14. The Hall–Kier alpha value is -1.52. The van der Waals surface area contributed by atoms with Gasteiger partial charge in [0.25, 0.3) is 0 Å². The summed E-state index contributed by atoms with van der Waals surface area (Å²) in [7, 11) is 1.80. The fourth-order valence-electron chi connectivity index (χ4n) is 4.10. The summed E-state index contributed by atoms with van der Waals surface area (Å²) >= 11 is 0. The molecule has 1 aromatic heterocycles. The predicted octanol–water partition coefficient (Wildman–Crippen LogP) is 2.78. The van der Waals surface area contributed by atoms with Gasteiger partial charge in [-0.3, -0.25) is 4.99 Å². The molecule has 0 radical (unpaired) electrons. The number of aromatic nitrogens is 1. The molecule has 2 N–H and O–H groups in total. The Morgan fingerprint density at radius 2 is 2.14 bits per heavy atom. The fourth-order valence-corrected chi connectivity index (χ4v) is 4.10. The largest absolute Gasteiger partial charge is 0.444 e. The van der Waals surface area contributed by atoms with E-state index < -0.39 is 0 Å². The van der Waals surface area contributed by atoms with Gasteiger partial charge in [0, 0.05) is 13.6 Å². The Labute approximate surface area is 133 Å². The maximum atomic E-state index is 5.57. The minimum atomic E-state index is 0.572. The molecule has 3 rings (SSSR count). The standard InChI is InChI=1S/C17H28N4O/c1-11-12(2)22-16(21-11)10-20-17(18-3)19-7-6-15-9-13-4-5-14(15)8-13/h13-15H,4-10H2,1-3H3,(H2,18,19,20). The molecule has 0 spiro atoms. The second-order valence-electron chi connectivity index (χ2n) is 6.83. The Morgan fingerprint density at radius 1 is 1.27 bits per heavy atom. The molecule has 3 unspecified atom stereocenters. The summed E-state index contributed by atoms with van der Waals surface area (Å²) in [6, 6.07) is 0. The number of nitrogens with one attached hydrogen (secondary N) is 2. The lowest BCUT2D eigenvalue weighted by Gasteiger charge is -2.22. The molecule has 0 aromatic carbocycles. The molecule has 2 aliphatic rings. The van der Waals surface area contributed by atoms with Crippen LogP contribution in [0.3, 0.4) is 0 Å². The molecule has 1 aromatic rings. The number of aryl methyl sites for hydroxylation is 2. The van der Waals surface area contributed by atoms with E-state index in [1.165, 1.54) is 32.1 Å². The van der Waals surface area contributed by atoms with Gasteiger partial charge in [-0.15, -0.1) is 0 Å². The van der Waals surface area contributed by atoms with Crippen LogP contribution in [-0.2, 0) is 6.54 Å². The van der Waals surface area contributed by atoms with Crippen LogP contribution in [0.2, 0.25) is 0 Å². The summed E-state index contributed by atoms with van der Waals surface area (Å²) in [5.74, 6) is 5.39. The van der Waals surface area contributed by atoms with Crippen molar-refractivity contribution in [2.75, 3.05) is 13.6 Å². The van der Waals surface area contributed by atoms with E-state index in [0.29, 0.717) is 12.4 Å². The maximum absolute atomic E-state index is 5.57. The maximum Gasteiger partial charge on any atom is 0.214 e. The smallest absolute Gasteiger partial charge is 0.214 e. The van der Waals surface area contributed by atoms with Crippen LogP contribution in [0.5, 0.6) is 0 Å². The van der Waals surface area contributed by atoms with E-state index in [9.17, 15) is 0 Å². The molecular weight excluding hydrogens is 276 g/mol. The monoisotopic (exact) mass is 304 g/mol. The number of nitrogens with zero attached hydrogens (tertiary/aromatic N) is 2. The molecule has 0 amide bonds. The highest BCUT2D eigenvalue weighted by Gasteiger charge is 2.38. The number of rotatable bonds is 5. The van der Waals surface area contributed by atoms with Crippen molar-refractivity contribution in [3.63, 3.8) is 0 Å². The van der Waals surface area contributed by atoms with Crippen molar-refractivity contribution in [2.24, 2.45) is 22.7 Å². The average Bonchev–Trinajstić information content (AvgIpc) is 3.19. The summed E-state index contributed by atoms with van der Waals surface area (Å²) in [5, 5.41) is 6.69. The van der Waals surface area contributed by atoms with Gasteiger partial charge in [0.15, 0.2) is 5.96 Å². The first-order valence-corrected chi connectivity index (χ1v) is 8.53. The van der Waals surface area contributed by atoms with Crippen LogP contribution in [0, 0.1) is 31.6 Å². The van der Waals surface area contributed by atoms with Crippen molar-refractivity contribution < 1.29 is 4.42 Å². The van der Waals surface area contributed by atoms with Gasteiger partial charge < -0.3 is 15.1 Å². The lowest BCUT2D eigenvalue weighted by atomic mass is 9.86. The van der Waals surface area contributed by atoms with Gasteiger partial charge in [-0.1, -0.05) is 6.42 Å². The van der Waals surface area contributed by atoms with Crippen molar-refractivity contribution in [1.82, 2.24) is 15.6 Å². The third-order valence-electron chi connectivity index (χ3n) is 5.40. The summed E-state index contributed by atoms with van der Waals surface area (Å²) in [5.41, 5.74) is 0.955. The molecule has 0 aliphatic heterocycles. The first kappa shape index (κ1) is 15.4. The molecule has 22 heavy (non-hydrogen) atoms. The second kappa shape index (κ2) is 6.71. The topological polar surface area (TPSA) is 62.5 Å². The van der Waals surface area contributed by atoms with Gasteiger partial charge in [-0.25, -0.2) is 4.98 Å². The molecule has 0 saturated heterocycles. The number of guanidine groups is 1. The van der Waals surface area contributed by atoms with Crippen LogP contribution < -0.4 is 10.6 Å². The van der Waals surface area contributed by atoms with Crippen LogP contribution in [0.1, 0.15) is 49.4 Å². The highest BCUT2D eigenvalue weighted by Crippen LogP contribution is 2.49. The third kappa shape index (κ3) is 3.45. The summed E-state index contributed by atoms with van der Waals surface area (Å²) in [4.78, 5) is 8.64. The van der Waals surface area contributed by atoms with E-state index in [4.69, 9.17) is 4.42 Å². The first-order valence-electron chi connectivity index (χ1n) is 8.53. The zero-order valence-electron chi connectivity index (χ0n) is 14.0. The molecule has 2 saturated carbocycles. The van der Waals surface area contributed by atoms with Crippen molar-refractivity contribution in [3.8, 4) is 0 Å². The molecular formula is C17H28N4O. The number of hydrogen-bond donors (Lipinski definition) is 2. The van der Waals surface area contributed by atoms with E-state index in [1.54, 1.807) is 7.05 Å². The lowest BCUT2D eigenvalue weighted by molar-refractivity contribution is 0.315. The Kier molecular flexibility index (Phi) is 4.69. The van der Waals surface area contributed by atoms with E-state index >= 15 is 0 Å². The van der Waals surface area contributed by atoms with E-state index in [1.807, 2.05) is 13.8 Å². The molecule has 2 fully saturated rings. The van der Waals surface area contributed by atoms with Gasteiger partial charge in [0.05, 0.1) is 12.2 Å². The number of oxazole rings is 1. The van der Waals surface area contributed by atoms with Crippen LogP contribution >= 0.6 is 0 Å². The highest BCUT2D eigenvalue weighted by molar-refractivity contribution is 5.79. The number of aliphatic imine (C=N–C) groups is 1. The van der Waals surface area contributed by atoms with E-state index in [-0.39, 0.29) is 0 Å². The molecule has 3 atom stereocenters. The Balaban J connectivity index is 1.39. The van der Waals surface area contributed by atoms with E-state index in [0.717, 1.165) is 41.7 Å². The first-order chi connectivity index (χ1) is 10.7. The van der Waals surface area contributed by atoms with Gasteiger partial charge in [-0.2, -0.15) is 0 Å². The molecule has 5 nitrogen and oxygen atoms in total. The second-order valence-corrected chi connectivity index (χ2v) is 6.83. The van der Waals surface area contributed by atoms with Crippen molar-refractivity contribution >= 4 is 5.96 Å². The summed E-state index contributed by atoms with van der Waals surface area (Å²) < 4.78 is 5.57. The molecule has 2 aliphatic carbocycles. The van der Waals surface area contributed by atoms with Gasteiger partial charge in [0.2, 0.25) is 5.89 Å². The van der Waals surface area contributed by atoms with Crippen molar-refractivity contribution in [2.45, 2.75) is 52.5 Å². The molecule has 122 valence electrons. The third-order valence-corrected chi connectivity index (χ3v) is 5.40. The van der Waals surface area contributed by atoms with Gasteiger partial charge >= 0.3 is 0 Å². The van der Waals surface area contributed by atoms with Crippen molar-refractivity contribution in [1.29, 1.82) is 0 Å². The summed E-state index contributed by atoms with van der Waals surface area (Å²) in [6.45, 7) is 5.47. The van der Waals surface area contributed by atoms with Crippen molar-refractivity contribution in [3.05, 3.63) is 17.3 Å². The number of hydrogen-bond acceptors (Lipinski definition) is 3. The highest BCUT2D eigenvalue weighted by atomic mass is 16.4. The normalized spacial score (nSPS) is 27.4. The van der Waals surface area contributed by atoms with Crippen LogP contribution in [0.15, 0.2) is 9.41 Å². The molecule has 2 bridgehead atoms. The number of fused-ring (bicyclic) bond motifs is 2. The van der Waals surface area contributed by atoms with Crippen LogP contribution in [0.25, 0.3) is 0 Å². The Morgan fingerprint density at radius 3 is 2.73 bits per heavy atom. The fraction of sp³-hybridized carbons (Fsp3) is 0.765. The average molecular weight is 304 g/mol. The minimum absolute atomic E-state index is 0.572. The van der Waals surface area contributed by atoms with E-state index in [2.05, 4.69) is 20.6 Å². The predicted molar refractivity (Wildman–Crippen MR) is 87.7 cm³/mol. The molecule has 1 heterocycles. The Bertz CT molecular complexity index is 517. The zero-order valence-corrected chi connectivity index (χ0v) is 14.0. The van der Waals surface area contributed by atoms with Gasteiger partial charge in [-0.05, 0) is 57.3 Å². The van der Waals surface area contributed by atoms with Crippen LogP contribution in [-0.4, -0.2) is 24.5 Å².